The van der Waals surface area contributed by atoms with Crippen molar-refractivity contribution in [3.05, 3.63) is 89.7 Å². The predicted molar refractivity (Wildman–Crippen MR) is 135 cm³/mol. The molecule has 0 spiro atoms. The number of ether oxygens (including phenoxy) is 1. The maximum Gasteiger partial charge on any atom is 0.253 e. The smallest absolute Gasteiger partial charge is 0.253 e. The number of carbonyl (C=O) groups is 1. The van der Waals surface area contributed by atoms with Crippen LogP contribution >= 0.6 is 0 Å². The second-order valence-electron chi connectivity index (χ2n) is 8.75. The molecule has 3 aromatic rings. The Balaban J connectivity index is 1.32. The summed E-state index contributed by atoms with van der Waals surface area (Å²) in [5, 5.41) is 0. The molecule has 1 unspecified atom stereocenters. The van der Waals surface area contributed by atoms with Gasteiger partial charge in [0.2, 0.25) is 10.0 Å². The van der Waals surface area contributed by atoms with Gasteiger partial charge in [0.15, 0.2) is 0 Å². The molecule has 2 aromatic carbocycles. The summed E-state index contributed by atoms with van der Waals surface area (Å²) in [5.41, 5.74) is 2.65. The zero-order chi connectivity index (χ0) is 24.8. The topological polar surface area (TPSA) is 79.8 Å². The molecule has 1 atom stereocenters. The molecule has 8 heteroatoms. The number of carbonyl (C=O) groups excluding carboxylic acids is 1. The van der Waals surface area contributed by atoms with E-state index < -0.39 is 10.0 Å². The van der Waals surface area contributed by atoms with Crippen LogP contribution in [0, 0.1) is 0 Å². The average molecular weight is 494 g/mol. The fraction of sp³-hybridized carbons (Fsp3) is 0.333. The predicted octanol–water partition coefficient (Wildman–Crippen LogP) is 4.32. The Kier molecular flexibility index (Phi) is 7.83. The molecule has 1 aliphatic rings. The first kappa shape index (κ1) is 24.9. The van der Waals surface area contributed by atoms with Crippen molar-refractivity contribution in [2.45, 2.75) is 37.7 Å². The molecule has 0 radical (unpaired) electrons. The fourth-order valence-electron chi connectivity index (χ4n) is 4.01. The van der Waals surface area contributed by atoms with Crippen LogP contribution in [0.5, 0.6) is 5.75 Å². The number of hydrogen-bond acceptors (Lipinski definition) is 5. The zero-order valence-electron chi connectivity index (χ0n) is 20.1. The van der Waals surface area contributed by atoms with Crippen LogP contribution in [0.25, 0.3) is 0 Å². The van der Waals surface area contributed by atoms with E-state index in [0.717, 1.165) is 17.5 Å². The van der Waals surface area contributed by atoms with Gasteiger partial charge in [0.1, 0.15) is 12.4 Å². The molecule has 184 valence electrons. The number of benzene rings is 2. The van der Waals surface area contributed by atoms with E-state index in [2.05, 4.69) is 18.8 Å². The Hall–Kier alpha value is -3.23. The van der Waals surface area contributed by atoms with Gasteiger partial charge in [-0.1, -0.05) is 32.0 Å². The number of sulfonamides is 1. The maximum absolute atomic E-state index is 13.1. The van der Waals surface area contributed by atoms with Crippen LogP contribution in [0.2, 0.25) is 0 Å². The van der Waals surface area contributed by atoms with Crippen LogP contribution in [0.4, 0.5) is 0 Å². The Labute approximate surface area is 207 Å². The van der Waals surface area contributed by atoms with Gasteiger partial charge in [-0.15, -0.1) is 0 Å². The van der Waals surface area contributed by atoms with Crippen LogP contribution in [-0.4, -0.2) is 54.7 Å². The zero-order valence-corrected chi connectivity index (χ0v) is 20.9. The molecule has 0 N–H and O–H groups in total. The third-order valence-electron chi connectivity index (χ3n) is 6.45. The van der Waals surface area contributed by atoms with Gasteiger partial charge >= 0.3 is 0 Å². The van der Waals surface area contributed by atoms with Crippen LogP contribution in [0.15, 0.2) is 78.0 Å². The molecule has 1 fully saturated rings. The lowest BCUT2D eigenvalue weighted by Gasteiger charge is -2.34. The van der Waals surface area contributed by atoms with E-state index in [1.807, 2.05) is 24.3 Å². The number of rotatable bonds is 8. The monoisotopic (exact) mass is 493 g/mol. The number of nitrogens with zero attached hydrogens (tertiary/aromatic N) is 3. The van der Waals surface area contributed by atoms with Gasteiger partial charge < -0.3 is 9.64 Å². The Morgan fingerprint density at radius 3 is 2.29 bits per heavy atom. The van der Waals surface area contributed by atoms with Gasteiger partial charge in [0.05, 0.1) is 4.90 Å². The van der Waals surface area contributed by atoms with Gasteiger partial charge in [-0.05, 0) is 60.4 Å². The highest BCUT2D eigenvalue weighted by Gasteiger charge is 2.30. The summed E-state index contributed by atoms with van der Waals surface area (Å²) in [7, 11) is -3.59. The molecule has 1 amide bonds. The molecule has 1 aromatic heterocycles. The largest absolute Gasteiger partial charge is 0.489 e. The summed E-state index contributed by atoms with van der Waals surface area (Å²) in [6, 6.07) is 18.0. The molecular weight excluding hydrogens is 462 g/mol. The molecule has 1 aliphatic heterocycles. The molecular formula is C27H31N3O4S. The van der Waals surface area contributed by atoms with E-state index in [4.69, 9.17) is 4.74 Å². The molecule has 7 nitrogen and oxygen atoms in total. The molecule has 1 saturated heterocycles. The summed E-state index contributed by atoms with van der Waals surface area (Å²) >= 11 is 0. The molecule has 0 bridgehead atoms. The van der Waals surface area contributed by atoms with Crippen LogP contribution in [0.3, 0.4) is 0 Å². The third kappa shape index (κ3) is 5.89. The number of amides is 1. The quantitative estimate of drug-likeness (QED) is 0.467. The fourth-order valence-corrected chi connectivity index (χ4v) is 5.43. The van der Waals surface area contributed by atoms with Crippen molar-refractivity contribution < 1.29 is 17.9 Å². The Morgan fingerprint density at radius 1 is 1.00 bits per heavy atom. The first-order valence-corrected chi connectivity index (χ1v) is 13.3. The summed E-state index contributed by atoms with van der Waals surface area (Å²) in [6.07, 6.45) is 4.47. The van der Waals surface area contributed by atoms with Crippen molar-refractivity contribution in [3.8, 4) is 5.75 Å². The van der Waals surface area contributed by atoms with Gasteiger partial charge in [0.25, 0.3) is 5.91 Å². The Bertz CT molecular complexity index is 1220. The minimum Gasteiger partial charge on any atom is -0.489 e. The van der Waals surface area contributed by atoms with E-state index >= 15 is 0 Å². The van der Waals surface area contributed by atoms with Crippen LogP contribution in [0.1, 0.15) is 47.7 Å². The average Bonchev–Trinajstić information content (AvgIpc) is 2.92. The van der Waals surface area contributed by atoms with Gasteiger partial charge in [-0.25, -0.2) is 8.42 Å². The lowest BCUT2D eigenvalue weighted by atomic mass is 9.99. The van der Waals surface area contributed by atoms with Crippen LogP contribution in [-0.2, 0) is 16.6 Å². The van der Waals surface area contributed by atoms with E-state index in [0.29, 0.717) is 41.8 Å². The molecule has 0 saturated carbocycles. The number of hydrogen-bond donors (Lipinski definition) is 0. The lowest BCUT2D eigenvalue weighted by molar-refractivity contribution is 0.0698. The number of pyridine rings is 1. The van der Waals surface area contributed by atoms with Gasteiger partial charge in [-0.3, -0.25) is 9.78 Å². The van der Waals surface area contributed by atoms with Gasteiger partial charge in [0, 0.05) is 49.7 Å². The summed E-state index contributed by atoms with van der Waals surface area (Å²) in [4.78, 5) is 19.0. The van der Waals surface area contributed by atoms with Crippen molar-refractivity contribution in [1.82, 2.24) is 14.2 Å². The van der Waals surface area contributed by atoms with E-state index in [1.54, 1.807) is 53.7 Å². The number of aromatic nitrogens is 1. The molecule has 35 heavy (non-hydrogen) atoms. The van der Waals surface area contributed by atoms with Crippen molar-refractivity contribution in [3.63, 3.8) is 0 Å². The lowest BCUT2D eigenvalue weighted by Crippen LogP contribution is -2.50. The second kappa shape index (κ2) is 11.0. The standard InChI is InChI=1S/C27H31N3O4S/c1-3-21(2)23-8-12-26(13-9-23)35(32,33)30-17-15-29(16-18-30)27(31)24-6-10-25(11-7-24)34-20-22-5-4-14-28-19-22/h4-14,19,21H,3,15-18,20H2,1-2H3. The highest BCUT2D eigenvalue weighted by molar-refractivity contribution is 7.89. The summed E-state index contributed by atoms with van der Waals surface area (Å²) < 4.78 is 33.4. The third-order valence-corrected chi connectivity index (χ3v) is 8.37. The normalized spacial score (nSPS) is 15.5. The first-order chi connectivity index (χ1) is 16.9. The highest BCUT2D eigenvalue weighted by atomic mass is 32.2. The van der Waals surface area contributed by atoms with Gasteiger partial charge in [-0.2, -0.15) is 4.31 Å². The van der Waals surface area contributed by atoms with Crippen molar-refractivity contribution in [1.29, 1.82) is 0 Å². The minimum atomic E-state index is -3.59. The van der Waals surface area contributed by atoms with E-state index in [9.17, 15) is 13.2 Å². The SMILES string of the molecule is CCC(C)c1ccc(S(=O)(=O)N2CCN(C(=O)c3ccc(OCc4cccnc4)cc3)CC2)cc1. The molecule has 4 rings (SSSR count). The second-order valence-corrected chi connectivity index (χ2v) is 10.7. The van der Waals surface area contributed by atoms with Crippen molar-refractivity contribution >= 4 is 15.9 Å². The summed E-state index contributed by atoms with van der Waals surface area (Å²) in [6.45, 7) is 5.88. The van der Waals surface area contributed by atoms with Crippen molar-refractivity contribution in [2.75, 3.05) is 26.2 Å². The van der Waals surface area contributed by atoms with E-state index in [1.165, 1.54) is 4.31 Å². The first-order valence-electron chi connectivity index (χ1n) is 11.9. The van der Waals surface area contributed by atoms with E-state index in [-0.39, 0.29) is 19.0 Å². The van der Waals surface area contributed by atoms with Crippen molar-refractivity contribution in [2.24, 2.45) is 0 Å². The minimum absolute atomic E-state index is 0.112. The molecule has 2 heterocycles. The molecule has 0 aliphatic carbocycles. The Morgan fingerprint density at radius 2 is 1.69 bits per heavy atom. The number of piperazine rings is 1. The maximum atomic E-state index is 13.1. The highest BCUT2D eigenvalue weighted by Crippen LogP contribution is 2.23. The summed E-state index contributed by atoms with van der Waals surface area (Å²) in [5.74, 6) is 0.947. The van der Waals surface area contributed by atoms with Crippen LogP contribution < -0.4 is 4.74 Å².